The van der Waals surface area contributed by atoms with Gasteiger partial charge in [0.15, 0.2) is 0 Å². The van der Waals surface area contributed by atoms with Gasteiger partial charge in [-0.1, -0.05) is 19.8 Å². The van der Waals surface area contributed by atoms with Gasteiger partial charge >= 0.3 is 0 Å². The summed E-state index contributed by atoms with van der Waals surface area (Å²) in [6.45, 7) is 8.47. The first kappa shape index (κ1) is 11.4. The van der Waals surface area contributed by atoms with Crippen molar-refractivity contribution < 1.29 is 0 Å². The van der Waals surface area contributed by atoms with Crippen LogP contribution in [0, 0.1) is 5.92 Å². The summed E-state index contributed by atoms with van der Waals surface area (Å²) in [4.78, 5) is 2.72. The fourth-order valence-electron chi connectivity index (χ4n) is 3.23. The summed E-state index contributed by atoms with van der Waals surface area (Å²) in [5.41, 5.74) is 0. The molecule has 2 heteroatoms. The molecule has 0 radical (unpaired) electrons. The zero-order valence-electron chi connectivity index (χ0n) is 10.3. The molecule has 0 amide bonds. The second-order valence-corrected chi connectivity index (χ2v) is 5.34. The number of rotatable bonds is 3. The summed E-state index contributed by atoms with van der Waals surface area (Å²) in [5, 5.41) is 3.60. The SMILES string of the molecule is CCC1CN(C(C)C2CCCC2)CCN1. The number of nitrogens with one attached hydrogen (secondary N) is 1. The van der Waals surface area contributed by atoms with Gasteiger partial charge in [0.1, 0.15) is 0 Å². The molecule has 2 nitrogen and oxygen atoms in total. The molecule has 2 fully saturated rings. The van der Waals surface area contributed by atoms with Crippen LogP contribution in [0.2, 0.25) is 0 Å². The minimum absolute atomic E-state index is 0.739. The second kappa shape index (κ2) is 5.31. The maximum absolute atomic E-state index is 3.60. The fourth-order valence-corrected chi connectivity index (χ4v) is 3.23. The third-order valence-electron chi connectivity index (χ3n) is 4.44. The quantitative estimate of drug-likeness (QED) is 0.768. The molecule has 1 saturated heterocycles. The number of hydrogen-bond donors (Lipinski definition) is 1. The van der Waals surface area contributed by atoms with Crippen LogP contribution < -0.4 is 5.32 Å². The summed E-state index contributed by atoms with van der Waals surface area (Å²) in [6, 6.07) is 1.56. The molecular formula is C13H26N2. The topological polar surface area (TPSA) is 15.3 Å². The average Bonchev–Trinajstić information content (AvgIpc) is 2.81. The Morgan fingerprint density at radius 1 is 1.33 bits per heavy atom. The van der Waals surface area contributed by atoms with E-state index in [4.69, 9.17) is 0 Å². The van der Waals surface area contributed by atoms with Gasteiger partial charge in [-0.2, -0.15) is 0 Å². The Balaban J connectivity index is 1.85. The van der Waals surface area contributed by atoms with E-state index in [0.717, 1.165) is 18.0 Å². The van der Waals surface area contributed by atoms with Gasteiger partial charge in [-0.3, -0.25) is 4.90 Å². The Morgan fingerprint density at radius 2 is 2.07 bits per heavy atom. The summed E-state index contributed by atoms with van der Waals surface area (Å²) >= 11 is 0. The Morgan fingerprint density at radius 3 is 2.73 bits per heavy atom. The lowest BCUT2D eigenvalue weighted by molar-refractivity contribution is 0.113. The van der Waals surface area contributed by atoms with Gasteiger partial charge in [-0.05, 0) is 32.1 Å². The molecule has 88 valence electrons. The second-order valence-electron chi connectivity index (χ2n) is 5.34. The van der Waals surface area contributed by atoms with Crippen LogP contribution in [-0.2, 0) is 0 Å². The molecule has 2 aliphatic rings. The summed E-state index contributed by atoms with van der Waals surface area (Å²) in [7, 11) is 0. The predicted molar refractivity (Wildman–Crippen MR) is 65.1 cm³/mol. The first-order valence-corrected chi connectivity index (χ1v) is 6.78. The van der Waals surface area contributed by atoms with E-state index in [1.54, 1.807) is 0 Å². The highest BCUT2D eigenvalue weighted by Crippen LogP contribution is 2.30. The van der Waals surface area contributed by atoms with Crippen molar-refractivity contribution in [2.24, 2.45) is 5.92 Å². The van der Waals surface area contributed by atoms with Crippen LogP contribution in [0.5, 0.6) is 0 Å². The first-order valence-electron chi connectivity index (χ1n) is 6.78. The monoisotopic (exact) mass is 210 g/mol. The van der Waals surface area contributed by atoms with Crippen LogP contribution in [0.25, 0.3) is 0 Å². The van der Waals surface area contributed by atoms with E-state index in [9.17, 15) is 0 Å². The highest BCUT2D eigenvalue weighted by Gasteiger charge is 2.29. The van der Waals surface area contributed by atoms with E-state index in [1.165, 1.54) is 51.7 Å². The lowest BCUT2D eigenvalue weighted by atomic mass is 9.97. The highest BCUT2D eigenvalue weighted by molar-refractivity contribution is 4.85. The smallest absolute Gasteiger partial charge is 0.0193 e. The molecule has 0 aromatic carbocycles. The summed E-state index contributed by atoms with van der Waals surface area (Å²) < 4.78 is 0. The molecule has 2 rings (SSSR count). The van der Waals surface area contributed by atoms with Gasteiger partial charge < -0.3 is 5.32 Å². The molecule has 1 heterocycles. The highest BCUT2D eigenvalue weighted by atomic mass is 15.2. The van der Waals surface area contributed by atoms with Crippen molar-refractivity contribution in [3.63, 3.8) is 0 Å². The normalized spacial score (nSPS) is 32.0. The maximum atomic E-state index is 3.60. The number of piperazine rings is 1. The van der Waals surface area contributed by atoms with E-state index in [1.807, 2.05) is 0 Å². The number of hydrogen-bond acceptors (Lipinski definition) is 2. The largest absolute Gasteiger partial charge is 0.311 e. The molecule has 15 heavy (non-hydrogen) atoms. The molecule has 1 N–H and O–H groups in total. The van der Waals surface area contributed by atoms with Gasteiger partial charge in [0.2, 0.25) is 0 Å². The van der Waals surface area contributed by atoms with Crippen LogP contribution in [0.15, 0.2) is 0 Å². The first-order chi connectivity index (χ1) is 7.31. The van der Waals surface area contributed by atoms with E-state index in [-0.39, 0.29) is 0 Å². The molecule has 2 atom stereocenters. The summed E-state index contributed by atoms with van der Waals surface area (Å²) in [5.74, 6) is 0.987. The Labute approximate surface area is 94.4 Å². The minimum Gasteiger partial charge on any atom is -0.311 e. The van der Waals surface area contributed by atoms with Crippen LogP contribution >= 0.6 is 0 Å². The molecule has 1 aliphatic carbocycles. The van der Waals surface area contributed by atoms with Crippen LogP contribution in [0.3, 0.4) is 0 Å². The van der Waals surface area contributed by atoms with E-state index >= 15 is 0 Å². The number of nitrogens with zero attached hydrogens (tertiary/aromatic N) is 1. The van der Waals surface area contributed by atoms with E-state index in [0.29, 0.717) is 0 Å². The molecule has 1 saturated carbocycles. The van der Waals surface area contributed by atoms with Crippen molar-refractivity contribution in [2.75, 3.05) is 19.6 Å². The van der Waals surface area contributed by atoms with Crippen molar-refractivity contribution >= 4 is 0 Å². The van der Waals surface area contributed by atoms with Gasteiger partial charge in [-0.25, -0.2) is 0 Å². The van der Waals surface area contributed by atoms with Crippen LogP contribution in [0.4, 0.5) is 0 Å². The van der Waals surface area contributed by atoms with E-state index < -0.39 is 0 Å². The molecule has 0 spiro atoms. The molecule has 2 unspecified atom stereocenters. The minimum atomic E-state index is 0.739. The Hall–Kier alpha value is -0.0800. The standard InChI is InChI=1S/C13H26N2/c1-3-13-10-15(9-8-14-13)11(2)12-6-4-5-7-12/h11-14H,3-10H2,1-2H3. The lowest BCUT2D eigenvalue weighted by Gasteiger charge is -2.39. The predicted octanol–water partition coefficient (Wildman–Crippen LogP) is 2.25. The average molecular weight is 210 g/mol. The zero-order chi connectivity index (χ0) is 10.7. The Kier molecular flexibility index (Phi) is 4.04. The third-order valence-corrected chi connectivity index (χ3v) is 4.44. The van der Waals surface area contributed by atoms with E-state index in [2.05, 4.69) is 24.1 Å². The molecule has 0 aromatic heterocycles. The van der Waals surface area contributed by atoms with Crippen molar-refractivity contribution in [1.82, 2.24) is 10.2 Å². The van der Waals surface area contributed by atoms with Crippen LogP contribution in [-0.4, -0.2) is 36.6 Å². The van der Waals surface area contributed by atoms with Gasteiger partial charge in [0.05, 0.1) is 0 Å². The Bertz CT molecular complexity index is 187. The zero-order valence-corrected chi connectivity index (χ0v) is 10.3. The van der Waals surface area contributed by atoms with Crippen LogP contribution in [0.1, 0.15) is 46.0 Å². The molecule has 1 aliphatic heterocycles. The van der Waals surface area contributed by atoms with Gasteiger partial charge in [0, 0.05) is 31.7 Å². The van der Waals surface area contributed by atoms with Crippen molar-refractivity contribution in [2.45, 2.75) is 58.0 Å². The third kappa shape index (κ3) is 2.73. The van der Waals surface area contributed by atoms with Gasteiger partial charge in [0.25, 0.3) is 0 Å². The van der Waals surface area contributed by atoms with Gasteiger partial charge in [-0.15, -0.1) is 0 Å². The summed E-state index contributed by atoms with van der Waals surface area (Å²) in [6.07, 6.45) is 7.16. The maximum Gasteiger partial charge on any atom is 0.0193 e. The van der Waals surface area contributed by atoms with Crippen molar-refractivity contribution in [3.05, 3.63) is 0 Å². The molecule has 0 aromatic rings. The van der Waals surface area contributed by atoms with Crippen molar-refractivity contribution in [3.8, 4) is 0 Å². The molecular weight excluding hydrogens is 184 g/mol. The lowest BCUT2D eigenvalue weighted by Crippen LogP contribution is -2.54. The van der Waals surface area contributed by atoms with Crippen molar-refractivity contribution in [1.29, 1.82) is 0 Å². The fraction of sp³-hybridized carbons (Fsp3) is 1.00. The molecule has 0 bridgehead atoms.